The summed E-state index contributed by atoms with van der Waals surface area (Å²) in [5, 5.41) is 6.82. The number of rotatable bonds is 4. The molecular weight excluding hydrogens is 310 g/mol. The van der Waals surface area contributed by atoms with E-state index in [0.29, 0.717) is 36.6 Å². The zero-order valence-electron chi connectivity index (χ0n) is 13.2. The monoisotopic (exact) mass is 329 g/mol. The third-order valence-corrected chi connectivity index (χ3v) is 4.77. The third-order valence-electron chi connectivity index (χ3n) is 4.77. The van der Waals surface area contributed by atoms with Crippen molar-refractivity contribution in [2.24, 2.45) is 11.8 Å². The number of piperidine rings is 1. The number of likely N-dealkylation sites (tertiary alicyclic amines) is 1. The van der Waals surface area contributed by atoms with Gasteiger partial charge >= 0.3 is 0 Å². The van der Waals surface area contributed by atoms with E-state index in [1.54, 1.807) is 24.5 Å². The van der Waals surface area contributed by atoms with Crippen LogP contribution in [0.1, 0.15) is 17.0 Å². The van der Waals surface area contributed by atoms with Crippen molar-refractivity contribution < 1.29 is 14.1 Å². The number of hydrogen-bond donors (Lipinski definition) is 1. The summed E-state index contributed by atoms with van der Waals surface area (Å²) < 4.78 is 10.9. The number of anilines is 1. The van der Waals surface area contributed by atoms with Crippen LogP contribution >= 0.6 is 0 Å². The molecule has 3 atom stereocenters. The lowest BCUT2D eigenvalue weighted by Crippen LogP contribution is -2.46. The Hall–Kier alpha value is -2.48. The minimum absolute atomic E-state index is 0.0455. The van der Waals surface area contributed by atoms with Crippen molar-refractivity contribution in [1.29, 1.82) is 0 Å². The minimum atomic E-state index is -0.101. The molecule has 0 bridgehead atoms. The summed E-state index contributed by atoms with van der Waals surface area (Å²) in [5.41, 5.74) is 0. The van der Waals surface area contributed by atoms with Gasteiger partial charge in [-0.3, -0.25) is 4.79 Å². The molecule has 0 aliphatic carbocycles. The first-order valence-electron chi connectivity index (χ1n) is 8.13. The fraction of sp³-hybridized carbons (Fsp3) is 0.500. The lowest BCUT2D eigenvalue weighted by molar-refractivity contribution is 0.0540. The lowest BCUT2D eigenvalue weighted by Gasteiger charge is -2.35. The highest BCUT2D eigenvalue weighted by Crippen LogP contribution is 2.34. The number of amides is 1. The summed E-state index contributed by atoms with van der Waals surface area (Å²) in [6.07, 6.45) is 5.89. The molecule has 2 saturated heterocycles. The van der Waals surface area contributed by atoms with E-state index in [1.165, 1.54) is 6.20 Å². The van der Waals surface area contributed by atoms with E-state index >= 15 is 0 Å². The topological polar surface area (TPSA) is 93.4 Å². The molecule has 8 heteroatoms. The van der Waals surface area contributed by atoms with Crippen LogP contribution in [-0.4, -0.2) is 58.3 Å². The van der Waals surface area contributed by atoms with Crippen molar-refractivity contribution in [3.8, 4) is 0 Å². The van der Waals surface area contributed by atoms with E-state index in [0.717, 1.165) is 19.6 Å². The zero-order chi connectivity index (χ0) is 16.4. The van der Waals surface area contributed by atoms with Gasteiger partial charge in [0.1, 0.15) is 0 Å². The van der Waals surface area contributed by atoms with Crippen LogP contribution < -0.4 is 5.32 Å². The molecular formula is C16H19N5O3. The Labute approximate surface area is 139 Å². The first-order valence-corrected chi connectivity index (χ1v) is 8.13. The van der Waals surface area contributed by atoms with Crippen molar-refractivity contribution >= 4 is 11.9 Å². The van der Waals surface area contributed by atoms with Gasteiger partial charge in [-0.1, -0.05) is 5.16 Å². The molecule has 2 aromatic rings. The molecule has 24 heavy (non-hydrogen) atoms. The third kappa shape index (κ3) is 2.96. The number of nitrogens with one attached hydrogen (secondary N) is 1. The van der Waals surface area contributed by atoms with Crippen LogP contribution in [0.3, 0.4) is 0 Å². The Balaban J connectivity index is 1.39. The number of hydrogen-bond acceptors (Lipinski definition) is 7. The Bertz CT molecular complexity index is 678. The van der Waals surface area contributed by atoms with Crippen LogP contribution in [0.25, 0.3) is 0 Å². The molecule has 126 valence electrons. The minimum Gasteiger partial charge on any atom is -0.376 e. The second kappa shape index (κ2) is 6.56. The van der Waals surface area contributed by atoms with E-state index in [2.05, 4.69) is 20.4 Å². The molecule has 0 saturated carbocycles. The van der Waals surface area contributed by atoms with Crippen LogP contribution in [0.4, 0.5) is 5.95 Å². The Morgan fingerprint density at radius 3 is 3.00 bits per heavy atom. The van der Waals surface area contributed by atoms with Gasteiger partial charge in [0, 0.05) is 44.0 Å². The van der Waals surface area contributed by atoms with E-state index in [4.69, 9.17) is 9.26 Å². The summed E-state index contributed by atoms with van der Waals surface area (Å²) in [6.45, 7) is 2.78. The second-order valence-corrected chi connectivity index (χ2v) is 6.17. The molecule has 0 radical (unpaired) electrons. The summed E-state index contributed by atoms with van der Waals surface area (Å²) in [7, 11) is 0. The fourth-order valence-corrected chi connectivity index (χ4v) is 3.49. The molecule has 8 nitrogen and oxygen atoms in total. The number of aromatic nitrogens is 3. The maximum absolute atomic E-state index is 12.5. The highest BCUT2D eigenvalue weighted by Gasteiger charge is 2.42. The van der Waals surface area contributed by atoms with Crippen LogP contribution in [0.5, 0.6) is 0 Å². The predicted molar refractivity (Wildman–Crippen MR) is 84.3 cm³/mol. The van der Waals surface area contributed by atoms with Gasteiger partial charge in [-0.25, -0.2) is 9.97 Å². The SMILES string of the molecule is O=C(c1ccno1)N1CC[C@H]2CO[C@H](CNc3ncccn3)[C@H]2C1. The average Bonchev–Trinajstić information content (AvgIpc) is 3.30. The fourth-order valence-electron chi connectivity index (χ4n) is 3.49. The highest BCUT2D eigenvalue weighted by atomic mass is 16.5. The smallest absolute Gasteiger partial charge is 0.292 e. The maximum atomic E-state index is 12.5. The van der Waals surface area contributed by atoms with Crippen LogP contribution in [-0.2, 0) is 4.74 Å². The lowest BCUT2D eigenvalue weighted by atomic mass is 9.84. The van der Waals surface area contributed by atoms with Crippen LogP contribution in [0.15, 0.2) is 35.2 Å². The Morgan fingerprint density at radius 1 is 1.33 bits per heavy atom. The molecule has 2 fully saturated rings. The molecule has 2 aliphatic heterocycles. The molecule has 2 aliphatic rings. The van der Waals surface area contributed by atoms with E-state index in [9.17, 15) is 4.79 Å². The van der Waals surface area contributed by atoms with E-state index in [-0.39, 0.29) is 12.0 Å². The standard InChI is InChI=1S/C16H19N5O3/c22-15(13-2-6-20-24-13)21-7-3-11-10-23-14(12(11)9-21)8-19-16-17-4-1-5-18-16/h1-2,4-6,11-12,14H,3,7-10H2,(H,17,18,19)/t11-,12-,14+/m0/s1. The largest absolute Gasteiger partial charge is 0.376 e. The van der Waals surface area contributed by atoms with Gasteiger partial charge < -0.3 is 19.5 Å². The Morgan fingerprint density at radius 2 is 2.21 bits per heavy atom. The second-order valence-electron chi connectivity index (χ2n) is 6.17. The summed E-state index contributed by atoms with van der Waals surface area (Å²) in [6, 6.07) is 3.38. The summed E-state index contributed by atoms with van der Waals surface area (Å²) in [5.74, 6) is 1.58. The van der Waals surface area contributed by atoms with Crippen LogP contribution in [0, 0.1) is 11.8 Å². The molecule has 0 aromatic carbocycles. The molecule has 1 amide bonds. The number of carbonyl (C=O) groups is 1. The van der Waals surface area contributed by atoms with Crippen molar-refractivity contribution in [2.45, 2.75) is 12.5 Å². The van der Waals surface area contributed by atoms with Gasteiger partial charge in [0.15, 0.2) is 0 Å². The van der Waals surface area contributed by atoms with E-state index < -0.39 is 0 Å². The summed E-state index contributed by atoms with van der Waals surface area (Å²) >= 11 is 0. The number of ether oxygens (including phenoxy) is 1. The summed E-state index contributed by atoms with van der Waals surface area (Å²) in [4.78, 5) is 22.6. The van der Waals surface area contributed by atoms with Gasteiger partial charge in [-0.05, 0) is 18.4 Å². The van der Waals surface area contributed by atoms with Gasteiger partial charge in [0.05, 0.1) is 18.9 Å². The van der Waals surface area contributed by atoms with Gasteiger partial charge in [-0.2, -0.15) is 0 Å². The first-order chi connectivity index (χ1) is 11.8. The maximum Gasteiger partial charge on any atom is 0.292 e. The molecule has 4 heterocycles. The number of carbonyl (C=O) groups excluding carboxylic acids is 1. The number of nitrogens with zero attached hydrogens (tertiary/aromatic N) is 4. The van der Waals surface area contributed by atoms with Gasteiger partial charge in [0.25, 0.3) is 5.91 Å². The molecule has 0 spiro atoms. The van der Waals surface area contributed by atoms with E-state index in [1.807, 2.05) is 4.90 Å². The molecule has 4 rings (SSSR count). The molecule has 1 N–H and O–H groups in total. The van der Waals surface area contributed by atoms with Crippen molar-refractivity contribution in [1.82, 2.24) is 20.0 Å². The Kier molecular flexibility index (Phi) is 4.12. The normalized spacial score (nSPS) is 26.2. The molecule has 2 aromatic heterocycles. The van der Waals surface area contributed by atoms with Gasteiger partial charge in [0.2, 0.25) is 11.7 Å². The van der Waals surface area contributed by atoms with Crippen molar-refractivity contribution in [3.05, 3.63) is 36.5 Å². The first kappa shape index (κ1) is 15.1. The van der Waals surface area contributed by atoms with Gasteiger partial charge in [-0.15, -0.1) is 0 Å². The average molecular weight is 329 g/mol. The number of fused-ring (bicyclic) bond motifs is 1. The van der Waals surface area contributed by atoms with Crippen molar-refractivity contribution in [2.75, 3.05) is 31.6 Å². The van der Waals surface area contributed by atoms with Crippen LogP contribution in [0.2, 0.25) is 0 Å². The quantitative estimate of drug-likeness (QED) is 0.896. The zero-order valence-corrected chi connectivity index (χ0v) is 13.2. The van der Waals surface area contributed by atoms with Crippen molar-refractivity contribution in [3.63, 3.8) is 0 Å². The highest BCUT2D eigenvalue weighted by molar-refractivity contribution is 5.91. The molecule has 0 unspecified atom stereocenters. The predicted octanol–water partition coefficient (Wildman–Crippen LogP) is 1.05.